The second-order valence-electron chi connectivity index (χ2n) is 3.84. The fourth-order valence-electron chi connectivity index (χ4n) is 1.84. The molecule has 5 nitrogen and oxygen atoms in total. The van der Waals surface area contributed by atoms with Gasteiger partial charge in [0.25, 0.3) is 10.1 Å². The molecule has 0 saturated carbocycles. The molecule has 1 N–H and O–H groups in total. The average molecular weight is 221 g/mol. The van der Waals surface area contributed by atoms with Gasteiger partial charge in [-0.2, -0.15) is 8.42 Å². The van der Waals surface area contributed by atoms with Crippen LogP contribution < -0.4 is 0 Å². The van der Waals surface area contributed by atoms with Crippen LogP contribution in [-0.2, 0) is 14.3 Å². The average Bonchev–Trinajstić information content (AvgIpc) is 2.26. The zero-order chi connectivity index (χ0) is 10.9. The highest BCUT2D eigenvalue weighted by Gasteiger charge is 2.35. The highest BCUT2D eigenvalue weighted by molar-refractivity contribution is 7.86. The predicted molar refractivity (Wildman–Crippen MR) is 54.3 cm³/mol. The van der Waals surface area contributed by atoms with Gasteiger partial charge in [0.1, 0.15) is 0 Å². The molecule has 0 aliphatic carbocycles. The van der Waals surface area contributed by atoms with E-state index in [0.29, 0.717) is 13.0 Å². The van der Waals surface area contributed by atoms with Crippen molar-refractivity contribution in [3.63, 3.8) is 0 Å². The van der Waals surface area contributed by atoms with Gasteiger partial charge in [0.05, 0.1) is 12.4 Å². The molecule has 1 aliphatic rings. The first-order valence-corrected chi connectivity index (χ1v) is 6.43. The van der Waals surface area contributed by atoms with Gasteiger partial charge in [0, 0.05) is 12.6 Å². The molecule has 0 aromatic rings. The molecule has 2 atom stereocenters. The molecule has 1 aliphatic heterocycles. The summed E-state index contributed by atoms with van der Waals surface area (Å²) in [6.45, 7) is 4.07. The Morgan fingerprint density at radius 3 is 2.50 bits per heavy atom. The van der Waals surface area contributed by atoms with Crippen molar-refractivity contribution in [2.24, 2.45) is 0 Å². The van der Waals surface area contributed by atoms with E-state index < -0.39 is 17.2 Å². The van der Waals surface area contributed by atoms with Crippen molar-refractivity contribution >= 4 is 17.2 Å². The minimum absolute atomic E-state index is 0.154. The normalized spacial score (nSPS) is 29.4. The van der Waals surface area contributed by atoms with Crippen LogP contribution in [0.4, 0.5) is 0 Å². The van der Waals surface area contributed by atoms with Crippen LogP contribution in [0.25, 0.3) is 0 Å². The zero-order valence-electron chi connectivity index (χ0n) is 8.67. The Hall–Kier alpha value is -0.105. The molecule has 14 heavy (non-hydrogen) atoms. The first kappa shape index (κ1) is 12.0. The number of hydrogen-bond acceptors (Lipinski definition) is 5. The Balaban J connectivity index is 2.55. The van der Waals surface area contributed by atoms with E-state index in [1.165, 1.54) is 0 Å². The second-order valence-corrected chi connectivity index (χ2v) is 5.44. The fraction of sp³-hybridized carbons (Fsp3) is 1.00. The third-order valence-corrected chi connectivity index (χ3v) is 3.00. The summed E-state index contributed by atoms with van der Waals surface area (Å²) in [7, 11) is -3.95. The molecule has 0 aromatic carbocycles. The number of rotatable bonds is 3. The third-order valence-electron chi connectivity index (χ3n) is 2.38. The first-order chi connectivity index (χ1) is 6.29. The highest BCUT2D eigenvalue weighted by atomic mass is 32.2. The van der Waals surface area contributed by atoms with Gasteiger partial charge in [-0.25, -0.2) is 0 Å². The van der Waals surface area contributed by atoms with E-state index in [0.717, 1.165) is 6.26 Å². The maximum Gasteiger partial charge on any atom is 0.376 e. The lowest BCUT2D eigenvalue weighted by Crippen LogP contribution is -2.40. The molecule has 0 amide bonds. The SMILES string of the molecule is CB(O)N1C[C@@H](OS(C)(=O)=O)C[C@@H]1C. The van der Waals surface area contributed by atoms with Crippen LogP contribution in [-0.4, -0.2) is 50.2 Å². The molecular weight excluding hydrogens is 205 g/mol. The van der Waals surface area contributed by atoms with Crippen LogP contribution in [0.1, 0.15) is 13.3 Å². The van der Waals surface area contributed by atoms with E-state index >= 15 is 0 Å². The molecule has 1 heterocycles. The van der Waals surface area contributed by atoms with Gasteiger partial charge in [-0.3, -0.25) is 4.18 Å². The molecule has 0 radical (unpaired) electrons. The standard InChI is InChI=1S/C7H16BNO4S/c1-6-4-7(13-14(3,11)12)5-9(6)8(2)10/h6-7,10H,4-5H2,1-3H3/t6-,7-/m0/s1. The van der Waals surface area contributed by atoms with E-state index in [2.05, 4.69) is 0 Å². The van der Waals surface area contributed by atoms with Crippen molar-refractivity contribution in [2.45, 2.75) is 32.3 Å². The van der Waals surface area contributed by atoms with Crippen molar-refractivity contribution in [3.05, 3.63) is 0 Å². The quantitative estimate of drug-likeness (QED) is 0.515. The molecule has 82 valence electrons. The van der Waals surface area contributed by atoms with Crippen molar-refractivity contribution in [1.29, 1.82) is 0 Å². The summed E-state index contributed by atoms with van der Waals surface area (Å²) in [6, 6.07) is 0.154. The Morgan fingerprint density at radius 2 is 2.14 bits per heavy atom. The van der Waals surface area contributed by atoms with Gasteiger partial charge >= 0.3 is 7.05 Å². The second kappa shape index (κ2) is 4.18. The zero-order valence-corrected chi connectivity index (χ0v) is 9.49. The first-order valence-electron chi connectivity index (χ1n) is 4.61. The van der Waals surface area contributed by atoms with Gasteiger partial charge < -0.3 is 9.83 Å². The molecular formula is C7H16BNO4S. The minimum atomic E-state index is -3.39. The Kier molecular flexibility index (Phi) is 3.57. The monoisotopic (exact) mass is 221 g/mol. The van der Waals surface area contributed by atoms with E-state index in [1.807, 2.05) is 11.7 Å². The smallest absolute Gasteiger partial charge is 0.376 e. The van der Waals surface area contributed by atoms with E-state index in [4.69, 9.17) is 4.18 Å². The van der Waals surface area contributed by atoms with Crippen molar-refractivity contribution < 1.29 is 17.6 Å². The summed E-state index contributed by atoms with van der Waals surface area (Å²) in [4.78, 5) is 1.82. The Bertz CT molecular complexity index is 292. The van der Waals surface area contributed by atoms with Crippen LogP contribution in [0.15, 0.2) is 0 Å². The lowest BCUT2D eigenvalue weighted by atomic mass is 9.84. The molecule has 0 aromatic heterocycles. The van der Waals surface area contributed by atoms with Crippen molar-refractivity contribution in [1.82, 2.24) is 4.81 Å². The van der Waals surface area contributed by atoms with Crippen LogP contribution >= 0.6 is 0 Å². The summed E-state index contributed by atoms with van der Waals surface area (Å²) in [6.07, 6.45) is 1.36. The number of hydrogen-bond donors (Lipinski definition) is 1. The summed E-state index contributed by atoms with van der Waals surface area (Å²) in [5, 5.41) is 9.36. The molecule has 1 saturated heterocycles. The van der Waals surface area contributed by atoms with Crippen LogP contribution in [0.3, 0.4) is 0 Å². The summed E-state index contributed by atoms with van der Waals surface area (Å²) in [5.41, 5.74) is 0. The molecule has 1 rings (SSSR count). The van der Waals surface area contributed by atoms with E-state index in [1.54, 1.807) is 6.82 Å². The largest absolute Gasteiger partial charge is 0.437 e. The maximum atomic E-state index is 10.9. The molecule has 7 heteroatoms. The summed E-state index contributed by atoms with van der Waals surface area (Å²) < 4.78 is 26.6. The lowest BCUT2D eigenvalue weighted by molar-refractivity contribution is 0.222. The molecule has 1 fully saturated rings. The van der Waals surface area contributed by atoms with Crippen molar-refractivity contribution in [3.8, 4) is 0 Å². The van der Waals surface area contributed by atoms with Crippen molar-refractivity contribution in [2.75, 3.05) is 12.8 Å². The molecule has 0 bridgehead atoms. The minimum Gasteiger partial charge on any atom is -0.437 e. The van der Waals surface area contributed by atoms with Crippen LogP contribution in [0.2, 0.25) is 6.82 Å². The topological polar surface area (TPSA) is 66.8 Å². The van der Waals surface area contributed by atoms with Gasteiger partial charge in [-0.05, 0) is 13.2 Å². The van der Waals surface area contributed by atoms with Gasteiger partial charge in [-0.15, -0.1) is 0 Å². The summed E-state index contributed by atoms with van der Waals surface area (Å²) in [5.74, 6) is 0. The predicted octanol–water partition coefficient (Wildman–Crippen LogP) is -0.464. The molecule has 0 spiro atoms. The highest BCUT2D eigenvalue weighted by Crippen LogP contribution is 2.21. The van der Waals surface area contributed by atoms with Gasteiger partial charge in [0.2, 0.25) is 0 Å². The van der Waals surface area contributed by atoms with Gasteiger partial charge in [-0.1, -0.05) is 6.92 Å². The van der Waals surface area contributed by atoms with Gasteiger partial charge in [0.15, 0.2) is 0 Å². The lowest BCUT2D eigenvalue weighted by Gasteiger charge is -2.20. The van der Waals surface area contributed by atoms with Crippen LogP contribution in [0, 0.1) is 0 Å². The van der Waals surface area contributed by atoms with Crippen LogP contribution in [0.5, 0.6) is 0 Å². The fourth-order valence-corrected chi connectivity index (χ4v) is 2.48. The summed E-state index contributed by atoms with van der Waals surface area (Å²) >= 11 is 0. The van der Waals surface area contributed by atoms with E-state index in [9.17, 15) is 13.4 Å². The van der Waals surface area contributed by atoms with E-state index in [-0.39, 0.29) is 12.1 Å². The third kappa shape index (κ3) is 3.23. The Labute approximate surface area is 85.3 Å². The molecule has 0 unspecified atom stereocenters. The number of nitrogens with zero attached hydrogens (tertiary/aromatic N) is 1. The maximum absolute atomic E-state index is 10.9. The Morgan fingerprint density at radius 1 is 1.57 bits per heavy atom.